The molecule has 0 fully saturated rings. The zero-order chi connectivity index (χ0) is 11.4. The van der Waals surface area contributed by atoms with Crippen molar-refractivity contribution in [2.75, 3.05) is 0 Å². The summed E-state index contributed by atoms with van der Waals surface area (Å²) in [5.74, 6) is 0.796. The molecule has 0 amide bonds. The number of aromatic nitrogens is 1. The SMILES string of the molecule is Cc1cc(OCc2ccccc2)cnc1Br. The minimum Gasteiger partial charge on any atom is -0.487 e. The summed E-state index contributed by atoms with van der Waals surface area (Å²) in [6, 6.07) is 12.1. The average molecular weight is 278 g/mol. The molecule has 2 rings (SSSR count). The number of nitrogens with zero attached hydrogens (tertiary/aromatic N) is 1. The monoisotopic (exact) mass is 277 g/mol. The zero-order valence-electron chi connectivity index (χ0n) is 8.98. The van der Waals surface area contributed by atoms with Crippen LogP contribution in [0.5, 0.6) is 5.75 Å². The quantitative estimate of drug-likeness (QED) is 0.798. The summed E-state index contributed by atoms with van der Waals surface area (Å²) in [5, 5.41) is 0. The standard InChI is InChI=1S/C13H12BrNO/c1-10-7-12(8-15-13(10)14)16-9-11-5-3-2-4-6-11/h2-8H,9H2,1H3. The first-order chi connectivity index (χ1) is 7.75. The van der Waals surface area contributed by atoms with Crippen LogP contribution in [0.1, 0.15) is 11.1 Å². The van der Waals surface area contributed by atoms with Gasteiger partial charge in [-0.15, -0.1) is 0 Å². The van der Waals surface area contributed by atoms with Gasteiger partial charge in [0.1, 0.15) is 17.0 Å². The van der Waals surface area contributed by atoms with Gasteiger partial charge in [-0.1, -0.05) is 30.3 Å². The van der Waals surface area contributed by atoms with Crippen LogP contribution in [-0.2, 0) is 6.61 Å². The van der Waals surface area contributed by atoms with E-state index >= 15 is 0 Å². The maximum absolute atomic E-state index is 5.64. The molecule has 0 saturated heterocycles. The summed E-state index contributed by atoms with van der Waals surface area (Å²) in [4.78, 5) is 4.18. The number of rotatable bonds is 3. The van der Waals surface area contributed by atoms with Crippen molar-refractivity contribution in [3.8, 4) is 5.75 Å². The molecule has 1 aromatic heterocycles. The molecule has 0 N–H and O–H groups in total. The van der Waals surface area contributed by atoms with Gasteiger partial charge in [-0.3, -0.25) is 0 Å². The Morgan fingerprint density at radius 2 is 2.00 bits per heavy atom. The lowest BCUT2D eigenvalue weighted by molar-refractivity contribution is 0.304. The Morgan fingerprint density at radius 1 is 1.25 bits per heavy atom. The molecule has 0 spiro atoms. The lowest BCUT2D eigenvalue weighted by Gasteiger charge is -2.07. The van der Waals surface area contributed by atoms with Crippen molar-refractivity contribution in [3.05, 3.63) is 58.3 Å². The Balaban J connectivity index is 2.03. The van der Waals surface area contributed by atoms with Crippen LogP contribution >= 0.6 is 15.9 Å². The van der Waals surface area contributed by atoms with E-state index in [-0.39, 0.29) is 0 Å². The molecule has 0 aliphatic rings. The second-order valence-electron chi connectivity index (χ2n) is 3.55. The molecule has 82 valence electrons. The van der Waals surface area contributed by atoms with Crippen molar-refractivity contribution < 1.29 is 4.74 Å². The van der Waals surface area contributed by atoms with Crippen LogP contribution in [0.25, 0.3) is 0 Å². The molecule has 0 saturated carbocycles. The molecule has 0 aliphatic heterocycles. The Kier molecular flexibility index (Phi) is 3.57. The highest BCUT2D eigenvalue weighted by molar-refractivity contribution is 9.10. The van der Waals surface area contributed by atoms with Crippen LogP contribution in [-0.4, -0.2) is 4.98 Å². The first-order valence-electron chi connectivity index (χ1n) is 5.04. The highest BCUT2D eigenvalue weighted by atomic mass is 79.9. The topological polar surface area (TPSA) is 22.1 Å². The molecule has 2 aromatic rings. The van der Waals surface area contributed by atoms with Crippen molar-refractivity contribution in [2.45, 2.75) is 13.5 Å². The maximum Gasteiger partial charge on any atom is 0.138 e. The summed E-state index contributed by atoms with van der Waals surface area (Å²) in [6.07, 6.45) is 1.72. The van der Waals surface area contributed by atoms with E-state index < -0.39 is 0 Å². The summed E-state index contributed by atoms with van der Waals surface area (Å²) >= 11 is 3.36. The van der Waals surface area contributed by atoms with Crippen molar-refractivity contribution in [2.24, 2.45) is 0 Å². The molecule has 0 atom stereocenters. The number of hydrogen-bond acceptors (Lipinski definition) is 2. The third kappa shape index (κ3) is 2.83. The summed E-state index contributed by atoms with van der Waals surface area (Å²) in [6.45, 7) is 2.57. The second kappa shape index (κ2) is 5.12. The van der Waals surface area contributed by atoms with Crippen LogP contribution in [0.3, 0.4) is 0 Å². The number of aryl methyl sites for hydroxylation is 1. The molecule has 0 radical (unpaired) electrons. The van der Waals surface area contributed by atoms with Crippen LogP contribution in [0.15, 0.2) is 47.2 Å². The number of hydrogen-bond donors (Lipinski definition) is 0. The van der Waals surface area contributed by atoms with Crippen LogP contribution < -0.4 is 4.74 Å². The van der Waals surface area contributed by atoms with Gasteiger partial charge in [-0.25, -0.2) is 4.98 Å². The largest absolute Gasteiger partial charge is 0.487 e. The molecular formula is C13H12BrNO. The van der Waals surface area contributed by atoms with Gasteiger partial charge < -0.3 is 4.74 Å². The van der Waals surface area contributed by atoms with Gasteiger partial charge in [-0.05, 0) is 40.0 Å². The predicted molar refractivity (Wildman–Crippen MR) is 67.4 cm³/mol. The van der Waals surface area contributed by atoms with E-state index in [0.717, 1.165) is 21.5 Å². The van der Waals surface area contributed by atoms with E-state index in [1.54, 1.807) is 6.20 Å². The summed E-state index contributed by atoms with van der Waals surface area (Å²) in [5.41, 5.74) is 2.23. The fourth-order valence-corrected chi connectivity index (χ4v) is 1.57. The summed E-state index contributed by atoms with van der Waals surface area (Å²) < 4.78 is 6.51. The van der Waals surface area contributed by atoms with E-state index in [0.29, 0.717) is 6.61 Å². The maximum atomic E-state index is 5.64. The van der Waals surface area contributed by atoms with Crippen molar-refractivity contribution in [1.82, 2.24) is 4.98 Å². The summed E-state index contributed by atoms with van der Waals surface area (Å²) in [7, 11) is 0. The first kappa shape index (κ1) is 11.1. The van der Waals surface area contributed by atoms with Crippen LogP contribution in [0, 0.1) is 6.92 Å². The normalized spacial score (nSPS) is 10.1. The van der Waals surface area contributed by atoms with Crippen LogP contribution in [0.2, 0.25) is 0 Å². The minimum atomic E-state index is 0.573. The minimum absolute atomic E-state index is 0.573. The fraction of sp³-hybridized carbons (Fsp3) is 0.154. The zero-order valence-corrected chi connectivity index (χ0v) is 10.6. The predicted octanol–water partition coefficient (Wildman–Crippen LogP) is 3.73. The van der Waals surface area contributed by atoms with Crippen LogP contribution in [0.4, 0.5) is 0 Å². The van der Waals surface area contributed by atoms with E-state index in [9.17, 15) is 0 Å². The number of pyridine rings is 1. The number of halogens is 1. The Hall–Kier alpha value is -1.35. The third-order valence-electron chi connectivity index (χ3n) is 2.24. The first-order valence-corrected chi connectivity index (χ1v) is 5.84. The van der Waals surface area contributed by atoms with Gasteiger partial charge in [0.2, 0.25) is 0 Å². The molecule has 1 heterocycles. The van der Waals surface area contributed by atoms with E-state index in [2.05, 4.69) is 20.9 Å². The lowest BCUT2D eigenvalue weighted by Crippen LogP contribution is -1.96. The molecule has 0 bridgehead atoms. The Bertz CT molecular complexity index is 471. The molecular weight excluding hydrogens is 266 g/mol. The molecule has 16 heavy (non-hydrogen) atoms. The third-order valence-corrected chi connectivity index (χ3v) is 3.07. The van der Waals surface area contributed by atoms with Gasteiger partial charge >= 0.3 is 0 Å². The van der Waals surface area contributed by atoms with Gasteiger partial charge in [0, 0.05) is 0 Å². The number of benzene rings is 1. The van der Waals surface area contributed by atoms with Gasteiger partial charge in [0.05, 0.1) is 6.20 Å². The van der Waals surface area contributed by atoms with Crippen molar-refractivity contribution in [1.29, 1.82) is 0 Å². The lowest BCUT2D eigenvalue weighted by atomic mass is 10.2. The molecule has 3 heteroatoms. The Labute approximate surface area is 103 Å². The molecule has 0 aliphatic carbocycles. The average Bonchev–Trinajstić information content (AvgIpc) is 2.32. The van der Waals surface area contributed by atoms with Gasteiger partial charge in [0.15, 0.2) is 0 Å². The fourth-order valence-electron chi connectivity index (χ4n) is 1.35. The number of ether oxygens (including phenoxy) is 1. The van der Waals surface area contributed by atoms with Gasteiger partial charge in [-0.2, -0.15) is 0 Å². The van der Waals surface area contributed by atoms with E-state index in [1.165, 1.54) is 0 Å². The smallest absolute Gasteiger partial charge is 0.138 e. The van der Waals surface area contributed by atoms with Crippen molar-refractivity contribution in [3.63, 3.8) is 0 Å². The second-order valence-corrected chi connectivity index (χ2v) is 4.30. The molecule has 0 unspecified atom stereocenters. The van der Waals surface area contributed by atoms with E-state index in [1.807, 2.05) is 43.3 Å². The highest BCUT2D eigenvalue weighted by Crippen LogP contribution is 2.19. The molecule has 1 aromatic carbocycles. The molecule has 2 nitrogen and oxygen atoms in total. The highest BCUT2D eigenvalue weighted by Gasteiger charge is 1.99. The van der Waals surface area contributed by atoms with Gasteiger partial charge in [0.25, 0.3) is 0 Å². The van der Waals surface area contributed by atoms with Crippen molar-refractivity contribution >= 4 is 15.9 Å². The van der Waals surface area contributed by atoms with E-state index in [4.69, 9.17) is 4.74 Å². The Morgan fingerprint density at radius 3 is 2.69 bits per heavy atom.